The van der Waals surface area contributed by atoms with Gasteiger partial charge >= 0.3 is 5.97 Å². The molecule has 7 nitrogen and oxygen atoms in total. The Labute approximate surface area is 130 Å². The Morgan fingerprint density at radius 3 is 2.50 bits per heavy atom. The summed E-state index contributed by atoms with van der Waals surface area (Å²) in [5.41, 5.74) is 0.690. The highest BCUT2D eigenvalue weighted by Gasteiger charge is 2.23. The molecule has 0 atom stereocenters. The van der Waals surface area contributed by atoms with Gasteiger partial charge < -0.3 is 9.64 Å². The molecule has 0 N–H and O–H groups in total. The van der Waals surface area contributed by atoms with Gasteiger partial charge in [-0.15, -0.1) is 0 Å². The first-order chi connectivity index (χ1) is 10.5. The average molecular weight is 327 g/mol. The normalized spacial score (nSPS) is 17.2. The van der Waals surface area contributed by atoms with Crippen molar-refractivity contribution < 1.29 is 17.9 Å². The molecule has 0 spiro atoms. The number of rotatable bonds is 6. The van der Waals surface area contributed by atoms with Crippen molar-refractivity contribution in [2.45, 2.75) is 26.2 Å². The van der Waals surface area contributed by atoms with E-state index in [0.29, 0.717) is 31.2 Å². The van der Waals surface area contributed by atoms with Gasteiger partial charge in [0.25, 0.3) is 0 Å². The Hall–Kier alpha value is -1.70. The van der Waals surface area contributed by atoms with Crippen LogP contribution in [-0.2, 0) is 25.8 Å². The number of sulfone groups is 1. The Morgan fingerprint density at radius 2 is 1.91 bits per heavy atom. The van der Waals surface area contributed by atoms with Crippen LogP contribution in [0.25, 0.3) is 0 Å². The fraction of sp³-hybridized carbons (Fsp3) is 0.643. The molecule has 22 heavy (non-hydrogen) atoms. The van der Waals surface area contributed by atoms with E-state index in [4.69, 9.17) is 4.74 Å². The summed E-state index contributed by atoms with van der Waals surface area (Å²) in [4.78, 5) is 21.9. The molecule has 1 aromatic heterocycles. The molecule has 2 heterocycles. The summed E-state index contributed by atoms with van der Waals surface area (Å²) < 4.78 is 27.9. The first-order valence-electron chi connectivity index (χ1n) is 7.42. The lowest BCUT2D eigenvalue weighted by Gasteiger charge is -2.26. The van der Waals surface area contributed by atoms with Crippen LogP contribution in [0.1, 0.15) is 25.3 Å². The second kappa shape index (κ2) is 7.53. The van der Waals surface area contributed by atoms with Crippen LogP contribution in [0.15, 0.2) is 12.4 Å². The molecular weight excluding hydrogens is 306 g/mol. The van der Waals surface area contributed by atoms with Crippen molar-refractivity contribution in [3.8, 4) is 0 Å². The largest absolute Gasteiger partial charge is 0.465 e. The third-order valence-corrected chi connectivity index (χ3v) is 5.04. The smallest absolute Gasteiger partial charge is 0.310 e. The lowest BCUT2D eigenvalue weighted by atomic mass is 10.2. The van der Waals surface area contributed by atoms with Crippen molar-refractivity contribution in [1.82, 2.24) is 9.97 Å². The summed E-state index contributed by atoms with van der Waals surface area (Å²) in [6.07, 6.45) is 5.17. The van der Waals surface area contributed by atoms with E-state index in [-0.39, 0.29) is 23.9 Å². The average Bonchev–Trinajstić information content (AvgIpc) is 2.48. The number of aromatic nitrogens is 2. The van der Waals surface area contributed by atoms with Crippen LogP contribution in [0, 0.1) is 0 Å². The van der Waals surface area contributed by atoms with E-state index in [1.54, 1.807) is 12.4 Å². The van der Waals surface area contributed by atoms with Crippen LogP contribution in [-0.4, -0.2) is 55.6 Å². The molecule has 0 bridgehead atoms. The highest BCUT2D eigenvalue weighted by atomic mass is 32.2. The van der Waals surface area contributed by atoms with Gasteiger partial charge in [0, 0.05) is 31.0 Å². The second-order valence-electron chi connectivity index (χ2n) is 5.28. The number of unbranched alkanes of at least 4 members (excludes halogenated alkanes) is 1. The van der Waals surface area contributed by atoms with Gasteiger partial charge in [-0.25, -0.2) is 18.4 Å². The van der Waals surface area contributed by atoms with E-state index >= 15 is 0 Å². The van der Waals surface area contributed by atoms with E-state index in [9.17, 15) is 13.2 Å². The molecule has 8 heteroatoms. The standard InChI is InChI=1S/C14H21N3O4S/c1-2-3-6-21-13(18)9-12-10-15-14(16-11-12)17-4-7-22(19,20)8-5-17/h10-11H,2-9H2,1H3. The highest BCUT2D eigenvalue weighted by molar-refractivity contribution is 7.91. The van der Waals surface area contributed by atoms with Crippen LogP contribution in [0.3, 0.4) is 0 Å². The number of hydrogen-bond acceptors (Lipinski definition) is 7. The lowest BCUT2D eigenvalue weighted by molar-refractivity contribution is -0.142. The quantitative estimate of drug-likeness (QED) is 0.558. The number of hydrogen-bond donors (Lipinski definition) is 0. The molecule has 0 radical (unpaired) electrons. The van der Waals surface area contributed by atoms with E-state index in [0.717, 1.165) is 12.8 Å². The topological polar surface area (TPSA) is 89.5 Å². The van der Waals surface area contributed by atoms with Crippen molar-refractivity contribution in [2.24, 2.45) is 0 Å². The monoisotopic (exact) mass is 327 g/mol. The van der Waals surface area contributed by atoms with Crippen LogP contribution in [0.4, 0.5) is 5.95 Å². The molecule has 1 fully saturated rings. The SMILES string of the molecule is CCCCOC(=O)Cc1cnc(N2CCS(=O)(=O)CC2)nc1. The fourth-order valence-corrected chi connectivity index (χ4v) is 3.26. The van der Waals surface area contributed by atoms with E-state index in [1.807, 2.05) is 11.8 Å². The Bertz CT molecular complexity index is 587. The van der Waals surface area contributed by atoms with Gasteiger partial charge in [0.05, 0.1) is 24.5 Å². The number of ether oxygens (including phenoxy) is 1. The first kappa shape index (κ1) is 16.7. The molecule has 2 rings (SSSR count). The Kier molecular flexibility index (Phi) is 5.70. The van der Waals surface area contributed by atoms with Crippen LogP contribution < -0.4 is 4.90 Å². The molecule has 1 saturated heterocycles. The summed E-state index contributed by atoms with van der Waals surface area (Å²) in [7, 11) is -2.92. The number of carbonyl (C=O) groups excluding carboxylic acids is 1. The molecule has 122 valence electrons. The molecule has 0 saturated carbocycles. The summed E-state index contributed by atoms with van der Waals surface area (Å²) >= 11 is 0. The molecule has 0 amide bonds. The summed E-state index contributed by atoms with van der Waals surface area (Å²) in [6, 6.07) is 0. The minimum Gasteiger partial charge on any atom is -0.465 e. The minimum atomic E-state index is -2.92. The lowest BCUT2D eigenvalue weighted by Crippen LogP contribution is -2.41. The van der Waals surface area contributed by atoms with Gasteiger partial charge in [0.15, 0.2) is 9.84 Å². The predicted octanol–water partition coefficient (Wildman–Crippen LogP) is 0.597. The van der Waals surface area contributed by atoms with Gasteiger partial charge in [-0.3, -0.25) is 4.79 Å². The van der Waals surface area contributed by atoms with Crippen LogP contribution >= 0.6 is 0 Å². The maximum Gasteiger partial charge on any atom is 0.310 e. The van der Waals surface area contributed by atoms with Crippen LogP contribution in [0.5, 0.6) is 0 Å². The maximum atomic E-state index is 11.6. The maximum absolute atomic E-state index is 11.6. The summed E-state index contributed by atoms with van der Waals surface area (Å²) in [6.45, 7) is 3.28. The third kappa shape index (κ3) is 4.94. The molecular formula is C14H21N3O4S. The van der Waals surface area contributed by atoms with Crippen molar-refractivity contribution >= 4 is 21.8 Å². The number of carbonyl (C=O) groups is 1. The van der Waals surface area contributed by atoms with E-state index in [1.165, 1.54) is 0 Å². The van der Waals surface area contributed by atoms with E-state index in [2.05, 4.69) is 9.97 Å². The Balaban J connectivity index is 1.86. The number of nitrogens with zero attached hydrogens (tertiary/aromatic N) is 3. The van der Waals surface area contributed by atoms with Gasteiger partial charge in [0.2, 0.25) is 5.95 Å². The zero-order chi connectivity index (χ0) is 16.0. The molecule has 0 aromatic carbocycles. The van der Waals surface area contributed by atoms with Gasteiger partial charge in [-0.2, -0.15) is 0 Å². The molecule has 0 aliphatic carbocycles. The van der Waals surface area contributed by atoms with Crippen molar-refractivity contribution in [1.29, 1.82) is 0 Å². The second-order valence-corrected chi connectivity index (χ2v) is 7.58. The molecule has 1 aliphatic heterocycles. The van der Waals surface area contributed by atoms with Gasteiger partial charge in [-0.05, 0) is 6.42 Å². The zero-order valence-corrected chi connectivity index (χ0v) is 13.5. The van der Waals surface area contributed by atoms with Crippen molar-refractivity contribution in [3.63, 3.8) is 0 Å². The molecule has 1 aromatic rings. The predicted molar refractivity (Wildman–Crippen MR) is 82.5 cm³/mol. The summed E-state index contributed by atoms with van der Waals surface area (Å²) in [5.74, 6) is 0.468. The summed E-state index contributed by atoms with van der Waals surface area (Å²) in [5, 5.41) is 0. The first-order valence-corrected chi connectivity index (χ1v) is 9.24. The van der Waals surface area contributed by atoms with Crippen molar-refractivity contribution in [2.75, 3.05) is 36.1 Å². The minimum absolute atomic E-state index is 0.127. The van der Waals surface area contributed by atoms with Gasteiger partial charge in [0.1, 0.15) is 0 Å². The van der Waals surface area contributed by atoms with Gasteiger partial charge in [-0.1, -0.05) is 13.3 Å². The molecule has 0 unspecified atom stereocenters. The fourth-order valence-electron chi connectivity index (χ4n) is 2.06. The van der Waals surface area contributed by atoms with Crippen LogP contribution in [0.2, 0.25) is 0 Å². The number of anilines is 1. The third-order valence-electron chi connectivity index (χ3n) is 3.43. The van der Waals surface area contributed by atoms with Crippen molar-refractivity contribution in [3.05, 3.63) is 18.0 Å². The zero-order valence-electron chi connectivity index (χ0n) is 12.7. The molecule has 1 aliphatic rings. The number of esters is 1. The highest BCUT2D eigenvalue weighted by Crippen LogP contribution is 2.12. The Morgan fingerprint density at radius 1 is 1.27 bits per heavy atom. The van der Waals surface area contributed by atoms with E-state index < -0.39 is 9.84 Å².